The molecule has 2 heterocycles. The molecule has 0 saturated carbocycles. The molecule has 2 rings (SSSR count). The zero-order chi connectivity index (χ0) is 17.6. The fourth-order valence-electron chi connectivity index (χ4n) is 2.45. The van der Waals surface area contributed by atoms with Gasteiger partial charge < -0.3 is 20.0 Å². The molecule has 2 N–H and O–H groups in total. The lowest BCUT2D eigenvalue weighted by molar-refractivity contribution is -0.128. The van der Waals surface area contributed by atoms with Gasteiger partial charge in [0, 0.05) is 25.0 Å². The number of amides is 1. The summed E-state index contributed by atoms with van der Waals surface area (Å²) in [5, 5.41) is 6.29. The summed E-state index contributed by atoms with van der Waals surface area (Å²) < 4.78 is 5.75. The third kappa shape index (κ3) is 6.83. The van der Waals surface area contributed by atoms with Crippen LogP contribution in [-0.4, -0.2) is 47.9 Å². The highest BCUT2D eigenvalue weighted by molar-refractivity contribution is 14.0. The van der Waals surface area contributed by atoms with Crippen LogP contribution in [0.4, 0.5) is 0 Å². The molecule has 0 unspecified atom stereocenters. The minimum absolute atomic E-state index is 0. The van der Waals surface area contributed by atoms with E-state index < -0.39 is 0 Å². The Labute approximate surface area is 167 Å². The molecule has 1 aliphatic rings. The lowest BCUT2D eigenvalue weighted by Gasteiger charge is -2.15. The summed E-state index contributed by atoms with van der Waals surface area (Å²) in [5.74, 6) is 2.14. The van der Waals surface area contributed by atoms with Gasteiger partial charge in [0.2, 0.25) is 11.8 Å². The average molecular weight is 463 g/mol. The molecular formula is C17H30IN5O2. The van der Waals surface area contributed by atoms with Crippen molar-refractivity contribution in [2.75, 3.05) is 26.2 Å². The molecule has 1 aromatic rings. The lowest BCUT2D eigenvalue weighted by Crippen LogP contribution is -2.38. The van der Waals surface area contributed by atoms with Crippen LogP contribution in [0.2, 0.25) is 0 Å². The first-order valence-corrected chi connectivity index (χ1v) is 8.65. The second-order valence-corrected chi connectivity index (χ2v) is 7.00. The Kier molecular flexibility index (Phi) is 8.67. The number of oxazole rings is 1. The van der Waals surface area contributed by atoms with Crippen molar-refractivity contribution in [3.8, 4) is 0 Å². The van der Waals surface area contributed by atoms with Crippen LogP contribution in [0.3, 0.4) is 0 Å². The van der Waals surface area contributed by atoms with Gasteiger partial charge in [-0.1, -0.05) is 20.8 Å². The summed E-state index contributed by atoms with van der Waals surface area (Å²) in [7, 11) is 0. The van der Waals surface area contributed by atoms with Crippen LogP contribution in [0, 0.1) is 0 Å². The minimum atomic E-state index is -0.0635. The summed E-state index contributed by atoms with van der Waals surface area (Å²) in [5.41, 5.74) is -0.0635. The molecule has 1 fully saturated rings. The quantitative estimate of drug-likeness (QED) is 0.398. The summed E-state index contributed by atoms with van der Waals surface area (Å²) in [6.07, 6.45) is 3.94. The monoisotopic (exact) mass is 463 g/mol. The predicted octanol–water partition coefficient (Wildman–Crippen LogP) is 2.27. The molecule has 1 amide bonds. The van der Waals surface area contributed by atoms with Gasteiger partial charge in [0.1, 0.15) is 12.3 Å². The van der Waals surface area contributed by atoms with Crippen molar-refractivity contribution in [3.63, 3.8) is 0 Å². The Hall–Kier alpha value is -1.32. The van der Waals surface area contributed by atoms with Gasteiger partial charge in [-0.05, 0) is 19.8 Å². The second kappa shape index (κ2) is 9.98. The fraction of sp³-hybridized carbons (Fsp3) is 0.706. The predicted molar refractivity (Wildman–Crippen MR) is 109 cm³/mol. The van der Waals surface area contributed by atoms with Crippen LogP contribution in [0.5, 0.6) is 0 Å². The number of carbonyl (C=O) groups is 1. The van der Waals surface area contributed by atoms with E-state index in [0.717, 1.165) is 38.2 Å². The summed E-state index contributed by atoms with van der Waals surface area (Å²) in [4.78, 5) is 22.6. The zero-order valence-corrected chi connectivity index (χ0v) is 17.9. The van der Waals surface area contributed by atoms with Crippen LogP contribution in [-0.2, 0) is 16.8 Å². The SMILES string of the molecule is CCNC(=NCC(=O)N1CCCC1)NCc1ncc(C(C)(C)C)o1.I. The van der Waals surface area contributed by atoms with Crippen molar-refractivity contribution in [1.82, 2.24) is 20.5 Å². The van der Waals surface area contributed by atoms with Gasteiger partial charge in [0.25, 0.3) is 0 Å². The first kappa shape index (κ1) is 21.7. The van der Waals surface area contributed by atoms with Crippen molar-refractivity contribution in [3.05, 3.63) is 17.8 Å². The van der Waals surface area contributed by atoms with Crippen molar-refractivity contribution >= 4 is 35.8 Å². The van der Waals surface area contributed by atoms with E-state index in [2.05, 4.69) is 41.4 Å². The molecule has 0 radical (unpaired) electrons. The smallest absolute Gasteiger partial charge is 0.244 e. The Morgan fingerprint density at radius 3 is 2.56 bits per heavy atom. The largest absolute Gasteiger partial charge is 0.443 e. The van der Waals surface area contributed by atoms with E-state index in [1.165, 1.54) is 0 Å². The number of nitrogens with one attached hydrogen (secondary N) is 2. The molecule has 142 valence electrons. The van der Waals surface area contributed by atoms with Gasteiger partial charge in [-0.15, -0.1) is 24.0 Å². The number of rotatable bonds is 5. The molecule has 1 saturated heterocycles. The Balaban J connectivity index is 0.00000312. The van der Waals surface area contributed by atoms with Gasteiger partial charge in [0.05, 0.1) is 12.7 Å². The highest BCUT2D eigenvalue weighted by atomic mass is 127. The highest BCUT2D eigenvalue weighted by Crippen LogP contribution is 2.22. The Morgan fingerprint density at radius 2 is 2.00 bits per heavy atom. The van der Waals surface area contributed by atoms with E-state index in [-0.39, 0.29) is 41.8 Å². The maximum atomic E-state index is 12.1. The van der Waals surface area contributed by atoms with E-state index >= 15 is 0 Å². The second-order valence-electron chi connectivity index (χ2n) is 7.00. The van der Waals surface area contributed by atoms with Gasteiger partial charge in [0.15, 0.2) is 5.96 Å². The first-order valence-electron chi connectivity index (χ1n) is 8.65. The maximum absolute atomic E-state index is 12.1. The third-order valence-corrected chi connectivity index (χ3v) is 3.88. The average Bonchev–Trinajstić information content (AvgIpc) is 3.20. The molecule has 0 spiro atoms. The number of hydrogen-bond donors (Lipinski definition) is 2. The number of aromatic nitrogens is 1. The number of nitrogens with zero attached hydrogens (tertiary/aromatic N) is 3. The number of carbonyl (C=O) groups excluding carboxylic acids is 1. The molecule has 1 aromatic heterocycles. The van der Waals surface area contributed by atoms with E-state index in [0.29, 0.717) is 18.4 Å². The number of guanidine groups is 1. The Bertz CT molecular complexity index is 574. The zero-order valence-electron chi connectivity index (χ0n) is 15.6. The van der Waals surface area contributed by atoms with E-state index in [4.69, 9.17) is 4.42 Å². The molecule has 8 heteroatoms. The lowest BCUT2D eigenvalue weighted by atomic mass is 9.94. The molecule has 1 aliphatic heterocycles. The molecule has 7 nitrogen and oxygen atoms in total. The highest BCUT2D eigenvalue weighted by Gasteiger charge is 2.19. The number of likely N-dealkylation sites (tertiary alicyclic amines) is 1. The summed E-state index contributed by atoms with van der Waals surface area (Å²) in [6.45, 7) is 11.3. The van der Waals surface area contributed by atoms with Crippen LogP contribution in [0.25, 0.3) is 0 Å². The maximum Gasteiger partial charge on any atom is 0.244 e. The van der Waals surface area contributed by atoms with Crippen LogP contribution in [0.1, 0.15) is 52.2 Å². The summed E-state index contributed by atoms with van der Waals surface area (Å²) >= 11 is 0. The van der Waals surface area contributed by atoms with Crippen LogP contribution < -0.4 is 10.6 Å². The van der Waals surface area contributed by atoms with Crippen molar-refractivity contribution in [1.29, 1.82) is 0 Å². The standard InChI is InChI=1S/C17H29N5O2.HI/c1-5-18-16(21-12-15(23)22-8-6-7-9-22)20-11-14-19-10-13(24-14)17(2,3)4;/h10H,5-9,11-12H2,1-4H3,(H2,18,20,21);1H. The topological polar surface area (TPSA) is 82.8 Å². The van der Waals surface area contributed by atoms with Crippen molar-refractivity contribution in [2.45, 2.75) is 52.5 Å². The molecule has 0 aliphatic carbocycles. The van der Waals surface area contributed by atoms with Crippen LogP contribution in [0.15, 0.2) is 15.6 Å². The number of aliphatic imine (C=N–C) groups is 1. The van der Waals surface area contributed by atoms with Crippen LogP contribution >= 0.6 is 24.0 Å². The van der Waals surface area contributed by atoms with Crippen molar-refractivity contribution in [2.24, 2.45) is 4.99 Å². The normalized spacial score (nSPS) is 15.0. The Morgan fingerprint density at radius 1 is 1.32 bits per heavy atom. The fourth-order valence-corrected chi connectivity index (χ4v) is 2.45. The van der Waals surface area contributed by atoms with Gasteiger partial charge in [-0.25, -0.2) is 9.98 Å². The van der Waals surface area contributed by atoms with Crippen molar-refractivity contribution < 1.29 is 9.21 Å². The first-order chi connectivity index (χ1) is 11.4. The minimum Gasteiger partial charge on any atom is -0.443 e. The van der Waals surface area contributed by atoms with Gasteiger partial charge in [-0.3, -0.25) is 4.79 Å². The van der Waals surface area contributed by atoms with E-state index in [1.54, 1.807) is 6.20 Å². The molecular weight excluding hydrogens is 433 g/mol. The van der Waals surface area contributed by atoms with E-state index in [9.17, 15) is 4.79 Å². The molecule has 0 bridgehead atoms. The molecule has 0 atom stereocenters. The van der Waals surface area contributed by atoms with Gasteiger partial charge >= 0.3 is 0 Å². The molecule has 0 aromatic carbocycles. The van der Waals surface area contributed by atoms with Gasteiger partial charge in [-0.2, -0.15) is 0 Å². The third-order valence-electron chi connectivity index (χ3n) is 3.88. The number of halogens is 1. The molecule has 25 heavy (non-hydrogen) atoms. The summed E-state index contributed by atoms with van der Waals surface area (Å²) in [6, 6.07) is 0. The number of hydrogen-bond acceptors (Lipinski definition) is 4. The van der Waals surface area contributed by atoms with E-state index in [1.807, 2.05) is 11.8 Å².